The number of carbonyl (C=O) groups is 1. The van der Waals surface area contributed by atoms with Crippen LogP contribution >= 0.6 is 23.2 Å². The van der Waals surface area contributed by atoms with Crippen molar-refractivity contribution >= 4 is 40.6 Å². The molecule has 23 heavy (non-hydrogen) atoms. The van der Waals surface area contributed by atoms with Gasteiger partial charge >= 0.3 is 6.03 Å². The molecule has 0 fully saturated rings. The van der Waals surface area contributed by atoms with E-state index in [9.17, 15) is 4.79 Å². The van der Waals surface area contributed by atoms with E-state index < -0.39 is 0 Å². The molecule has 0 aliphatic carbocycles. The van der Waals surface area contributed by atoms with E-state index in [0.29, 0.717) is 21.4 Å². The first-order chi connectivity index (χ1) is 11.1. The molecule has 116 valence electrons. The Morgan fingerprint density at radius 3 is 2.39 bits per heavy atom. The van der Waals surface area contributed by atoms with Crippen LogP contribution in [0.25, 0.3) is 5.69 Å². The molecule has 3 aromatic rings. The average molecular weight is 347 g/mol. The minimum absolute atomic E-state index is 0.368. The number of amides is 2. The van der Waals surface area contributed by atoms with Gasteiger partial charge in [-0.15, -0.1) is 0 Å². The molecule has 0 aliphatic rings. The first-order valence-electron chi connectivity index (χ1n) is 6.75. The zero-order chi connectivity index (χ0) is 16.2. The third-order valence-corrected chi connectivity index (χ3v) is 3.59. The Labute approximate surface area is 142 Å². The number of carbonyl (C=O) groups excluding carboxylic acids is 1. The van der Waals surface area contributed by atoms with Crippen LogP contribution in [0.1, 0.15) is 0 Å². The van der Waals surface area contributed by atoms with Gasteiger partial charge in [0, 0.05) is 11.9 Å². The molecule has 3 rings (SSSR count). The number of nitrogens with one attached hydrogen (secondary N) is 2. The van der Waals surface area contributed by atoms with Crippen molar-refractivity contribution in [2.24, 2.45) is 0 Å². The molecule has 2 aromatic carbocycles. The van der Waals surface area contributed by atoms with Crippen molar-refractivity contribution in [3.63, 3.8) is 0 Å². The predicted molar refractivity (Wildman–Crippen MR) is 92.7 cm³/mol. The number of benzene rings is 2. The van der Waals surface area contributed by atoms with Crippen LogP contribution in [0.4, 0.5) is 16.2 Å². The molecule has 0 atom stereocenters. The molecule has 2 N–H and O–H groups in total. The number of hydrogen-bond acceptors (Lipinski definition) is 2. The van der Waals surface area contributed by atoms with Crippen molar-refractivity contribution < 1.29 is 4.79 Å². The third kappa shape index (κ3) is 3.83. The summed E-state index contributed by atoms with van der Waals surface area (Å²) in [7, 11) is 0. The fourth-order valence-electron chi connectivity index (χ4n) is 1.99. The summed E-state index contributed by atoms with van der Waals surface area (Å²) in [6, 6.07) is 13.9. The molecule has 0 saturated heterocycles. The van der Waals surface area contributed by atoms with Crippen LogP contribution in [0.15, 0.2) is 60.9 Å². The maximum Gasteiger partial charge on any atom is 0.323 e. The number of hydrogen-bond donors (Lipinski definition) is 2. The molecular formula is C16H12Cl2N4O. The third-order valence-electron chi connectivity index (χ3n) is 3.06. The summed E-state index contributed by atoms with van der Waals surface area (Å²) in [6.45, 7) is 0. The largest absolute Gasteiger partial charge is 0.323 e. The van der Waals surface area contributed by atoms with Crippen LogP contribution in [-0.4, -0.2) is 15.8 Å². The minimum Gasteiger partial charge on any atom is -0.308 e. The number of aromatic nitrogens is 2. The molecule has 0 saturated carbocycles. The molecule has 7 heteroatoms. The van der Waals surface area contributed by atoms with Crippen LogP contribution < -0.4 is 10.6 Å². The minimum atomic E-state index is -0.368. The van der Waals surface area contributed by atoms with Gasteiger partial charge in [0.2, 0.25) is 0 Å². The van der Waals surface area contributed by atoms with Crippen LogP contribution in [0, 0.1) is 0 Å². The Hall–Kier alpha value is -2.50. The van der Waals surface area contributed by atoms with E-state index in [0.717, 1.165) is 5.69 Å². The summed E-state index contributed by atoms with van der Waals surface area (Å²) in [5, 5.41) is 10.6. The van der Waals surface area contributed by atoms with E-state index in [1.165, 1.54) is 0 Å². The number of halogens is 2. The van der Waals surface area contributed by atoms with Crippen LogP contribution in [0.2, 0.25) is 10.0 Å². The molecule has 0 spiro atoms. The Balaban J connectivity index is 1.66. The van der Waals surface area contributed by atoms with Gasteiger partial charge in [0.25, 0.3) is 0 Å². The van der Waals surface area contributed by atoms with E-state index in [1.54, 1.807) is 53.5 Å². The highest BCUT2D eigenvalue weighted by atomic mass is 35.5. The molecule has 1 aromatic heterocycles. The van der Waals surface area contributed by atoms with Crippen molar-refractivity contribution in [3.05, 3.63) is 71.0 Å². The molecule has 2 amide bonds. The van der Waals surface area contributed by atoms with E-state index in [-0.39, 0.29) is 6.03 Å². The van der Waals surface area contributed by atoms with Gasteiger partial charge in [-0.3, -0.25) is 0 Å². The van der Waals surface area contributed by atoms with Gasteiger partial charge in [-0.1, -0.05) is 35.3 Å². The second-order valence-electron chi connectivity index (χ2n) is 4.71. The standard InChI is InChI=1S/C16H12Cl2N4O/c17-11-9-19-22(10-11)13-7-5-12(6-8-13)20-16(23)21-15-4-2-1-3-14(15)18/h1-10H,(H2,20,21,23). The van der Waals surface area contributed by atoms with Crippen molar-refractivity contribution in [2.45, 2.75) is 0 Å². The van der Waals surface area contributed by atoms with Crippen molar-refractivity contribution in [1.82, 2.24) is 9.78 Å². The lowest BCUT2D eigenvalue weighted by Crippen LogP contribution is -2.19. The van der Waals surface area contributed by atoms with Crippen molar-refractivity contribution in [3.8, 4) is 5.69 Å². The van der Waals surface area contributed by atoms with Gasteiger partial charge in [0.15, 0.2) is 0 Å². The van der Waals surface area contributed by atoms with E-state index >= 15 is 0 Å². The van der Waals surface area contributed by atoms with Crippen LogP contribution in [0.3, 0.4) is 0 Å². The van der Waals surface area contributed by atoms with Gasteiger partial charge in [-0.05, 0) is 36.4 Å². The summed E-state index contributed by atoms with van der Waals surface area (Å²) < 4.78 is 1.65. The highest BCUT2D eigenvalue weighted by Gasteiger charge is 2.06. The Morgan fingerprint density at radius 1 is 1.00 bits per heavy atom. The highest BCUT2D eigenvalue weighted by Crippen LogP contribution is 2.21. The zero-order valence-electron chi connectivity index (χ0n) is 11.8. The summed E-state index contributed by atoms with van der Waals surface area (Å²) in [5.74, 6) is 0. The monoisotopic (exact) mass is 346 g/mol. The average Bonchev–Trinajstić information content (AvgIpc) is 2.97. The smallest absolute Gasteiger partial charge is 0.308 e. The molecule has 1 heterocycles. The fraction of sp³-hybridized carbons (Fsp3) is 0. The number of rotatable bonds is 3. The Kier molecular flexibility index (Phi) is 4.50. The van der Waals surface area contributed by atoms with Crippen LogP contribution in [0.5, 0.6) is 0 Å². The lowest BCUT2D eigenvalue weighted by molar-refractivity contribution is 0.262. The van der Waals surface area contributed by atoms with E-state index in [2.05, 4.69) is 15.7 Å². The fourth-order valence-corrected chi connectivity index (χ4v) is 2.31. The SMILES string of the molecule is O=C(Nc1ccc(-n2cc(Cl)cn2)cc1)Nc1ccccc1Cl. The van der Waals surface area contributed by atoms with E-state index in [4.69, 9.17) is 23.2 Å². The van der Waals surface area contributed by atoms with Gasteiger partial charge in [0.05, 0.1) is 27.6 Å². The zero-order valence-corrected chi connectivity index (χ0v) is 13.3. The van der Waals surface area contributed by atoms with Gasteiger partial charge < -0.3 is 10.6 Å². The van der Waals surface area contributed by atoms with Gasteiger partial charge in [-0.25, -0.2) is 9.48 Å². The van der Waals surface area contributed by atoms with E-state index in [1.807, 2.05) is 12.1 Å². The molecule has 0 aliphatic heterocycles. The number of urea groups is 1. The maximum absolute atomic E-state index is 12.0. The lowest BCUT2D eigenvalue weighted by atomic mass is 10.3. The van der Waals surface area contributed by atoms with Gasteiger partial charge in [0.1, 0.15) is 0 Å². The molecular weight excluding hydrogens is 335 g/mol. The molecule has 0 radical (unpaired) electrons. The van der Waals surface area contributed by atoms with Crippen molar-refractivity contribution in [2.75, 3.05) is 10.6 Å². The second kappa shape index (κ2) is 6.73. The number of anilines is 2. The molecule has 0 unspecified atom stereocenters. The summed E-state index contributed by atoms with van der Waals surface area (Å²) in [4.78, 5) is 12.0. The Morgan fingerprint density at radius 2 is 1.74 bits per heavy atom. The summed E-state index contributed by atoms with van der Waals surface area (Å²) >= 11 is 11.8. The van der Waals surface area contributed by atoms with Crippen molar-refractivity contribution in [1.29, 1.82) is 0 Å². The second-order valence-corrected chi connectivity index (χ2v) is 5.55. The normalized spacial score (nSPS) is 10.3. The molecule has 0 bridgehead atoms. The quantitative estimate of drug-likeness (QED) is 0.713. The van der Waals surface area contributed by atoms with Gasteiger partial charge in [-0.2, -0.15) is 5.10 Å². The lowest BCUT2D eigenvalue weighted by Gasteiger charge is -2.09. The topological polar surface area (TPSA) is 59.0 Å². The summed E-state index contributed by atoms with van der Waals surface area (Å²) in [5.41, 5.74) is 2.04. The number of nitrogens with zero attached hydrogens (tertiary/aromatic N) is 2. The molecule has 5 nitrogen and oxygen atoms in total. The first-order valence-corrected chi connectivity index (χ1v) is 7.50. The number of para-hydroxylation sites is 1. The maximum atomic E-state index is 12.0. The highest BCUT2D eigenvalue weighted by molar-refractivity contribution is 6.33. The Bertz CT molecular complexity index is 830. The predicted octanol–water partition coefficient (Wildman–Crippen LogP) is 4.82. The van der Waals surface area contributed by atoms with Crippen LogP contribution in [-0.2, 0) is 0 Å². The first kappa shape index (κ1) is 15.4. The summed E-state index contributed by atoms with van der Waals surface area (Å²) in [6.07, 6.45) is 3.26.